The first kappa shape index (κ1) is 11.2. The van der Waals surface area contributed by atoms with Crippen molar-refractivity contribution in [3.63, 3.8) is 0 Å². The van der Waals surface area contributed by atoms with Crippen LogP contribution in [0.15, 0.2) is 12.2 Å². The fraction of sp³-hybridized carbons (Fsp3) is 0.769. The molecule has 94 valence electrons. The van der Waals surface area contributed by atoms with Crippen LogP contribution in [0.3, 0.4) is 0 Å². The quantitative estimate of drug-likeness (QED) is 0.556. The number of rotatable bonds is 3. The first-order valence-corrected chi connectivity index (χ1v) is 6.15. The molecular formula is C13H18O4. The van der Waals surface area contributed by atoms with Crippen LogP contribution < -0.4 is 0 Å². The highest BCUT2D eigenvalue weighted by Gasteiger charge is 2.65. The Kier molecular flexibility index (Phi) is 2.35. The van der Waals surface area contributed by atoms with Gasteiger partial charge in [0.25, 0.3) is 0 Å². The Morgan fingerprint density at radius 3 is 2.71 bits per heavy atom. The van der Waals surface area contributed by atoms with Crippen molar-refractivity contribution < 1.29 is 19.0 Å². The van der Waals surface area contributed by atoms with Gasteiger partial charge in [0.1, 0.15) is 0 Å². The Morgan fingerprint density at radius 2 is 2.12 bits per heavy atom. The van der Waals surface area contributed by atoms with Gasteiger partial charge in [0, 0.05) is 16.9 Å². The van der Waals surface area contributed by atoms with E-state index in [2.05, 4.69) is 6.58 Å². The molecule has 3 fully saturated rings. The summed E-state index contributed by atoms with van der Waals surface area (Å²) >= 11 is 0. The Bertz CT molecular complexity index is 372. The molecule has 4 nitrogen and oxygen atoms in total. The lowest BCUT2D eigenvalue weighted by molar-refractivity contribution is -0.392. The zero-order valence-corrected chi connectivity index (χ0v) is 10.3. The maximum absolute atomic E-state index is 11.6. The van der Waals surface area contributed by atoms with Gasteiger partial charge in [-0.25, -0.2) is 4.79 Å². The van der Waals surface area contributed by atoms with Crippen molar-refractivity contribution in [3.8, 4) is 0 Å². The number of methoxy groups -OCH3 is 1. The smallest absolute Gasteiger partial charge is 0.333 e. The molecule has 1 saturated heterocycles. The van der Waals surface area contributed by atoms with Crippen LogP contribution in [0, 0.1) is 17.3 Å². The van der Waals surface area contributed by atoms with Gasteiger partial charge in [-0.1, -0.05) is 6.58 Å². The van der Waals surface area contributed by atoms with Crippen LogP contribution in [-0.4, -0.2) is 25.7 Å². The fourth-order valence-corrected chi connectivity index (χ4v) is 3.49. The molecule has 0 spiro atoms. The highest BCUT2D eigenvalue weighted by Crippen LogP contribution is 2.69. The Hall–Kier alpha value is -0.870. The summed E-state index contributed by atoms with van der Waals surface area (Å²) in [5, 5.41) is 0. The lowest BCUT2D eigenvalue weighted by atomic mass is 9.90. The standard InChI is InChI=1S/C13H18O4/c1-7(11(14)15-3)13-5-9(4-10(13)6-13)12-16-8(2)17-12/h8-10,12H,1,4-6H2,2-3H3. The number of carbonyl (C=O) groups excluding carboxylic acids is 1. The minimum Gasteiger partial charge on any atom is -0.466 e. The zero-order chi connectivity index (χ0) is 12.2. The molecule has 0 aromatic heterocycles. The second-order valence-corrected chi connectivity index (χ2v) is 5.44. The summed E-state index contributed by atoms with van der Waals surface area (Å²) in [5.41, 5.74) is 0.628. The molecule has 0 aromatic carbocycles. The number of carbonyl (C=O) groups is 1. The van der Waals surface area contributed by atoms with Gasteiger partial charge in [-0.2, -0.15) is 0 Å². The van der Waals surface area contributed by atoms with E-state index < -0.39 is 0 Å². The van der Waals surface area contributed by atoms with Gasteiger partial charge in [-0.3, -0.25) is 0 Å². The highest BCUT2D eigenvalue weighted by molar-refractivity contribution is 5.90. The molecule has 0 radical (unpaired) electrons. The molecule has 2 saturated carbocycles. The molecule has 0 amide bonds. The molecule has 3 aliphatic rings. The highest BCUT2D eigenvalue weighted by atomic mass is 16.9. The van der Waals surface area contributed by atoms with Crippen LogP contribution in [0.4, 0.5) is 0 Å². The fourth-order valence-electron chi connectivity index (χ4n) is 3.49. The molecule has 1 aliphatic heterocycles. The monoisotopic (exact) mass is 238 g/mol. The molecule has 0 bridgehead atoms. The molecule has 3 rings (SSSR count). The number of hydrogen-bond acceptors (Lipinski definition) is 4. The Morgan fingerprint density at radius 1 is 1.41 bits per heavy atom. The normalized spacial score (nSPS) is 46.9. The molecule has 4 heteroatoms. The third kappa shape index (κ3) is 1.54. The average Bonchev–Trinajstić information content (AvgIpc) is 2.86. The maximum atomic E-state index is 11.6. The largest absolute Gasteiger partial charge is 0.466 e. The maximum Gasteiger partial charge on any atom is 0.333 e. The molecule has 17 heavy (non-hydrogen) atoms. The molecule has 1 heterocycles. The van der Waals surface area contributed by atoms with Crippen LogP contribution in [0.25, 0.3) is 0 Å². The number of ether oxygens (including phenoxy) is 3. The van der Waals surface area contributed by atoms with Gasteiger partial charge in [-0.15, -0.1) is 0 Å². The summed E-state index contributed by atoms with van der Waals surface area (Å²) in [7, 11) is 1.41. The SMILES string of the molecule is C=C(C(=O)OC)C12CC(C3OC(C)O3)CC1C2. The molecule has 2 aliphatic carbocycles. The van der Waals surface area contributed by atoms with Crippen molar-refractivity contribution in [2.75, 3.05) is 7.11 Å². The summed E-state index contributed by atoms with van der Waals surface area (Å²) in [6, 6.07) is 0. The van der Waals surface area contributed by atoms with Gasteiger partial charge in [-0.05, 0) is 32.1 Å². The van der Waals surface area contributed by atoms with Crippen molar-refractivity contribution in [2.24, 2.45) is 17.3 Å². The summed E-state index contributed by atoms with van der Waals surface area (Å²) in [6.45, 7) is 5.82. The summed E-state index contributed by atoms with van der Waals surface area (Å²) in [6.07, 6.45) is 2.95. The lowest BCUT2D eigenvalue weighted by Crippen LogP contribution is -2.43. The van der Waals surface area contributed by atoms with E-state index >= 15 is 0 Å². The summed E-state index contributed by atoms with van der Waals surface area (Å²) in [4.78, 5) is 11.6. The van der Waals surface area contributed by atoms with E-state index in [0.717, 1.165) is 19.3 Å². The van der Waals surface area contributed by atoms with E-state index in [0.29, 0.717) is 17.4 Å². The van der Waals surface area contributed by atoms with Crippen LogP contribution in [-0.2, 0) is 19.0 Å². The van der Waals surface area contributed by atoms with Gasteiger partial charge in [0.2, 0.25) is 0 Å². The second-order valence-electron chi connectivity index (χ2n) is 5.44. The van der Waals surface area contributed by atoms with Crippen LogP contribution in [0.5, 0.6) is 0 Å². The summed E-state index contributed by atoms with van der Waals surface area (Å²) < 4.78 is 15.8. The van der Waals surface area contributed by atoms with Gasteiger partial charge < -0.3 is 14.2 Å². The molecule has 3 unspecified atom stereocenters. The second kappa shape index (κ2) is 3.56. The number of esters is 1. The first-order valence-electron chi connectivity index (χ1n) is 6.15. The molecular weight excluding hydrogens is 220 g/mol. The Balaban J connectivity index is 1.64. The van der Waals surface area contributed by atoms with E-state index in [9.17, 15) is 4.79 Å². The van der Waals surface area contributed by atoms with Crippen LogP contribution in [0.1, 0.15) is 26.2 Å². The van der Waals surface area contributed by atoms with Crippen molar-refractivity contribution in [1.82, 2.24) is 0 Å². The predicted molar refractivity (Wildman–Crippen MR) is 59.8 cm³/mol. The van der Waals surface area contributed by atoms with E-state index in [1.807, 2.05) is 6.92 Å². The van der Waals surface area contributed by atoms with Crippen molar-refractivity contribution in [1.29, 1.82) is 0 Å². The lowest BCUT2D eigenvalue weighted by Gasteiger charge is -2.38. The Labute approximate surface area is 101 Å². The summed E-state index contributed by atoms with van der Waals surface area (Å²) in [5.74, 6) is 0.713. The minimum atomic E-state index is -0.267. The topological polar surface area (TPSA) is 44.8 Å². The van der Waals surface area contributed by atoms with Crippen LogP contribution >= 0.6 is 0 Å². The molecule has 3 atom stereocenters. The van der Waals surface area contributed by atoms with E-state index in [-0.39, 0.29) is 24.0 Å². The van der Waals surface area contributed by atoms with Crippen molar-refractivity contribution in [2.45, 2.75) is 38.8 Å². The van der Waals surface area contributed by atoms with Gasteiger partial charge >= 0.3 is 5.97 Å². The van der Waals surface area contributed by atoms with E-state index in [4.69, 9.17) is 14.2 Å². The van der Waals surface area contributed by atoms with Crippen molar-refractivity contribution in [3.05, 3.63) is 12.2 Å². The molecule has 0 aromatic rings. The zero-order valence-electron chi connectivity index (χ0n) is 10.3. The van der Waals surface area contributed by atoms with Crippen molar-refractivity contribution >= 4 is 5.97 Å². The third-order valence-electron chi connectivity index (χ3n) is 4.51. The average molecular weight is 238 g/mol. The van der Waals surface area contributed by atoms with Gasteiger partial charge in [0.15, 0.2) is 12.6 Å². The van der Waals surface area contributed by atoms with Crippen LogP contribution in [0.2, 0.25) is 0 Å². The third-order valence-corrected chi connectivity index (χ3v) is 4.51. The molecule has 0 N–H and O–H groups in total. The minimum absolute atomic E-state index is 0.0106. The first-order chi connectivity index (χ1) is 8.06. The van der Waals surface area contributed by atoms with E-state index in [1.165, 1.54) is 7.11 Å². The number of fused-ring (bicyclic) bond motifs is 1. The van der Waals surface area contributed by atoms with E-state index in [1.54, 1.807) is 0 Å². The predicted octanol–water partition coefficient (Wildman–Crippen LogP) is 1.85. The van der Waals surface area contributed by atoms with Gasteiger partial charge in [0.05, 0.1) is 7.11 Å². The number of hydrogen-bond donors (Lipinski definition) is 0.